The summed E-state index contributed by atoms with van der Waals surface area (Å²) in [6.07, 6.45) is 7.95. The maximum absolute atomic E-state index is 6.44. The molecule has 31 heavy (non-hydrogen) atoms. The first kappa shape index (κ1) is 20.5. The molecule has 1 N–H and O–H groups in total. The quantitative estimate of drug-likeness (QED) is 0.452. The van der Waals surface area contributed by atoms with E-state index in [9.17, 15) is 0 Å². The minimum absolute atomic E-state index is 0.0276. The lowest BCUT2D eigenvalue weighted by Gasteiger charge is -2.36. The molecule has 1 aliphatic carbocycles. The minimum Gasteiger partial charge on any atom is -0.459 e. The third-order valence-electron chi connectivity index (χ3n) is 6.48. The van der Waals surface area contributed by atoms with Crippen molar-refractivity contribution in [3.05, 3.63) is 76.8 Å². The molecule has 2 aromatic heterocycles. The van der Waals surface area contributed by atoms with E-state index in [-0.39, 0.29) is 12.1 Å². The first-order chi connectivity index (χ1) is 15.1. The number of benzene rings is 1. The predicted molar refractivity (Wildman–Crippen MR) is 128 cm³/mol. The van der Waals surface area contributed by atoms with Crippen LogP contribution in [0.2, 0.25) is 5.02 Å². The van der Waals surface area contributed by atoms with Gasteiger partial charge in [0.1, 0.15) is 17.6 Å². The number of hydrogen-bond acceptors (Lipinski definition) is 3. The van der Waals surface area contributed by atoms with Crippen molar-refractivity contribution in [1.29, 1.82) is 0 Å². The number of nitrogens with zero attached hydrogens (tertiary/aromatic N) is 2. The summed E-state index contributed by atoms with van der Waals surface area (Å²) in [5, 5.41) is 5.09. The number of pyridine rings is 1. The van der Waals surface area contributed by atoms with E-state index in [4.69, 9.17) is 28.2 Å². The maximum Gasteiger partial charge on any atom is 0.170 e. The molecule has 6 heteroatoms. The number of rotatable bonds is 4. The van der Waals surface area contributed by atoms with Crippen LogP contribution in [0.1, 0.15) is 61.2 Å². The highest BCUT2D eigenvalue weighted by Gasteiger charge is 2.44. The van der Waals surface area contributed by atoms with Crippen LogP contribution in [-0.4, -0.2) is 21.0 Å². The highest BCUT2D eigenvalue weighted by molar-refractivity contribution is 7.80. The second-order valence-corrected chi connectivity index (χ2v) is 9.29. The Labute approximate surface area is 193 Å². The van der Waals surface area contributed by atoms with Crippen molar-refractivity contribution < 1.29 is 4.42 Å². The Morgan fingerprint density at radius 1 is 1.10 bits per heavy atom. The van der Waals surface area contributed by atoms with Gasteiger partial charge < -0.3 is 14.6 Å². The van der Waals surface area contributed by atoms with Gasteiger partial charge in [-0.2, -0.15) is 0 Å². The van der Waals surface area contributed by atoms with Gasteiger partial charge in [-0.05, 0) is 67.9 Å². The zero-order valence-electron chi connectivity index (χ0n) is 17.6. The molecule has 2 unspecified atom stereocenters. The summed E-state index contributed by atoms with van der Waals surface area (Å²) in [6.45, 7) is 2.00. The second-order valence-electron chi connectivity index (χ2n) is 8.49. The SMILES string of the molecule is Cc1ccc(-c2ccc(C3C(c4ccccn4)NC(=S)N3C3CCCCC3)o2)cc1Cl. The molecule has 0 spiro atoms. The number of nitrogens with one attached hydrogen (secondary N) is 1. The Kier molecular flexibility index (Phi) is 5.72. The van der Waals surface area contributed by atoms with Gasteiger partial charge in [-0.25, -0.2) is 0 Å². The van der Waals surface area contributed by atoms with E-state index >= 15 is 0 Å². The van der Waals surface area contributed by atoms with E-state index in [2.05, 4.69) is 33.4 Å². The Hall–Kier alpha value is -2.37. The van der Waals surface area contributed by atoms with Gasteiger partial charge in [-0.3, -0.25) is 4.98 Å². The topological polar surface area (TPSA) is 41.3 Å². The van der Waals surface area contributed by atoms with Crippen LogP contribution in [-0.2, 0) is 0 Å². The van der Waals surface area contributed by atoms with Crippen molar-refractivity contribution >= 4 is 28.9 Å². The molecule has 1 saturated carbocycles. The number of aromatic nitrogens is 1. The van der Waals surface area contributed by atoms with Crippen molar-refractivity contribution in [2.45, 2.75) is 57.2 Å². The van der Waals surface area contributed by atoms with Crippen LogP contribution in [0, 0.1) is 6.92 Å². The molecule has 1 aliphatic heterocycles. The maximum atomic E-state index is 6.44. The molecule has 2 aliphatic rings. The molecule has 0 radical (unpaired) electrons. The third-order valence-corrected chi connectivity index (χ3v) is 7.21. The molecule has 3 aromatic rings. The molecule has 3 heterocycles. The van der Waals surface area contributed by atoms with Gasteiger partial charge >= 0.3 is 0 Å². The first-order valence-corrected chi connectivity index (χ1v) is 11.8. The summed E-state index contributed by atoms with van der Waals surface area (Å²) in [6, 6.07) is 16.5. The molecular formula is C25H26ClN3OS. The zero-order valence-corrected chi connectivity index (χ0v) is 19.1. The predicted octanol–water partition coefficient (Wildman–Crippen LogP) is 6.61. The molecule has 1 aromatic carbocycles. The fourth-order valence-corrected chi connectivity index (χ4v) is 5.41. The molecule has 160 valence electrons. The van der Waals surface area contributed by atoms with Crippen LogP contribution in [0.15, 0.2) is 59.1 Å². The van der Waals surface area contributed by atoms with E-state index in [0.717, 1.165) is 51.3 Å². The highest BCUT2D eigenvalue weighted by atomic mass is 35.5. The number of furan rings is 1. The van der Waals surface area contributed by atoms with E-state index in [1.807, 2.05) is 43.5 Å². The van der Waals surface area contributed by atoms with E-state index in [0.29, 0.717) is 6.04 Å². The monoisotopic (exact) mass is 451 g/mol. The average molecular weight is 452 g/mol. The summed E-state index contributed by atoms with van der Waals surface area (Å²) >= 11 is 12.2. The minimum atomic E-state index is -0.0452. The van der Waals surface area contributed by atoms with Gasteiger partial charge in [-0.15, -0.1) is 0 Å². The Bertz CT molecular complexity index is 1080. The van der Waals surface area contributed by atoms with Crippen LogP contribution in [0.3, 0.4) is 0 Å². The number of aryl methyl sites for hydroxylation is 1. The van der Waals surface area contributed by atoms with Gasteiger partial charge in [0, 0.05) is 22.8 Å². The van der Waals surface area contributed by atoms with Crippen LogP contribution in [0.4, 0.5) is 0 Å². The summed E-state index contributed by atoms with van der Waals surface area (Å²) < 4.78 is 6.44. The fourth-order valence-electron chi connectivity index (χ4n) is 4.84. The van der Waals surface area contributed by atoms with Crippen molar-refractivity contribution in [1.82, 2.24) is 15.2 Å². The summed E-state index contributed by atoms with van der Waals surface area (Å²) in [5.74, 6) is 1.72. The number of thiocarbonyl (C=S) groups is 1. The number of halogens is 1. The smallest absolute Gasteiger partial charge is 0.170 e. The normalized spacial score (nSPS) is 22.0. The lowest BCUT2D eigenvalue weighted by molar-refractivity contribution is 0.179. The van der Waals surface area contributed by atoms with Crippen LogP contribution in [0.25, 0.3) is 11.3 Å². The van der Waals surface area contributed by atoms with Crippen molar-refractivity contribution in [3.63, 3.8) is 0 Å². The van der Waals surface area contributed by atoms with Crippen LogP contribution < -0.4 is 5.32 Å². The van der Waals surface area contributed by atoms with Crippen LogP contribution >= 0.6 is 23.8 Å². The number of hydrogen-bond donors (Lipinski definition) is 1. The molecule has 1 saturated heterocycles. The Balaban J connectivity index is 1.54. The standard InChI is InChI=1S/C25H26ClN3OS/c1-16-10-11-17(15-19(16)26)21-12-13-22(30-21)24-23(20-9-5-6-14-27-20)28-25(31)29(24)18-7-3-2-4-8-18/h5-6,9-15,18,23-24H,2-4,7-8H2,1H3,(H,28,31). The zero-order chi connectivity index (χ0) is 21.4. The third kappa shape index (κ3) is 3.97. The molecule has 2 atom stereocenters. The largest absolute Gasteiger partial charge is 0.459 e. The summed E-state index contributed by atoms with van der Waals surface area (Å²) in [4.78, 5) is 7.00. The lowest BCUT2D eigenvalue weighted by atomic mass is 9.92. The van der Waals surface area contributed by atoms with Gasteiger partial charge in [0.25, 0.3) is 0 Å². The van der Waals surface area contributed by atoms with Gasteiger partial charge in [0.2, 0.25) is 0 Å². The van der Waals surface area contributed by atoms with E-state index in [1.165, 1.54) is 19.3 Å². The van der Waals surface area contributed by atoms with Gasteiger partial charge in [-0.1, -0.05) is 49.1 Å². The van der Waals surface area contributed by atoms with Crippen molar-refractivity contribution in [3.8, 4) is 11.3 Å². The highest BCUT2D eigenvalue weighted by Crippen LogP contribution is 2.43. The molecule has 0 bridgehead atoms. The molecule has 5 rings (SSSR count). The van der Waals surface area contributed by atoms with Gasteiger partial charge in [0.05, 0.1) is 11.7 Å². The molecule has 2 fully saturated rings. The summed E-state index contributed by atoms with van der Waals surface area (Å²) in [5.41, 5.74) is 3.01. The van der Waals surface area contributed by atoms with Crippen LogP contribution in [0.5, 0.6) is 0 Å². The average Bonchev–Trinajstić information content (AvgIpc) is 3.41. The van der Waals surface area contributed by atoms with Crippen molar-refractivity contribution in [2.24, 2.45) is 0 Å². The Morgan fingerprint density at radius 3 is 2.68 bits per heavy atom. The molecule has 0 amide bonds. The lowest BCUT2D eigenvalue weighted by Crippen LogP contribution is -2.40. The van der Waals surface area contributed by atoms with E-state index < -0.39 is 0 Å². The molecular weight excluding hydrogens is 426 g/mol. The summed E-state index contributed by atoms with van der Waals surface area (Å²) in [7, 11) is 0. The fraction of sp³-hybridized carbons (Fsp3) is 0.360. The second kappa shape index (κ2) is 8.64. The first-order valence-electron chi connectivity index (χ1n) is 11.0. The van der Waals surface area contributed by atoms with Crippen molar-refractivity contribution in [2.75, 3.05) is 0 Å². The molecule has 4 nitrogen and oxygen atoms in total. The van der Waals surface area contributed by atoms with Gasteiger partial charge in [0.15, 0.2) is 5.11 Å². The Morgan fingerprint density at radius 2 is 1.94 bits per heavy atom. The van der Waals surface area contributed by atoms with E-state index in [1.54, 1.807) is 0 Å².